The first-order valence-corrected chi connectivity index (χ1v) is 10.9. The molecule has 0 aromatic carbocycles. The molecule has 2 aromatic rings. The van der Waals surface area contributed by atoms with E-state index in [9.17, 15) is 0 Å². The number of nitrogens with zero attached hydrogens (tertiary/aromatic N) is 4. The minimum Gasteiger partial charge on any atom is -0.399 e. The van der Waals surface area contributed by atoms with Gasteiger partial charge in [0.25, 0.3) is 0 Å². The maximum absolute atomic E-state index is 7.49. The second-order valence-corrected chi connectivity index (χ2v) is 7.94. The van der Waals surface area contributed by atoms with Gasteiger partial charge in [-0.15, -0.1) is 0 Å². The highest BCUT2D eigenvalue weighted by atomic mass is 16.5. The molecule has 0 saturated carbocycles. The topological polar surface area (TPSA) is 105 Å². The van der Waals surface area contributed by atoms with Crippen LogP contribution in [0.3, 0.4) is 0 Å². The van der Waals surface area contributed by atoms with Crippen molar-refractivity contribution in [3.05, 3.63) is 84.3 Å². The van der Waals surface area contributed by atoms with Crippen molar-refractivity contribution in [1.29, 1.82) is 5.41 Å². The van der Waals surface area contributed by atoms with E-state index >= 15 is 0 Å². The average Bonchev–Trinajstić information content (AvgIpc) is 3.20. The van der Waals surface area contributed by atoms with E-state index in [1.807, 2.05) is 60.5 Å². The van der Waals surface area contributed by atoms with Gasteiger partial charge >= 0.3 is 0 Å². The smallest absolute Gasteiger partial charge is 0.159 e. The van der Waals surface area contributed by atoms with Crippen LogP contribution in [-0.2, 0) is 4.74 Å². The zero-order chi connectivity index (χ0) is 23.2. The molecule has 3 heterocycles. The second kappa shape index (κ2) is 10.1. The van der Waals surface area contributed by atoms with Gasteiger partial charge in [-0.05, 0) is 42.4 Å². The molecule has 0 radical (unpaired) electrons. The molecule has 1 atom stereocenters. The van der Waals surface area contributed by atoms with E-state index in [4.69, 9.17) is 15.9 Å². The number of ether oxygens (including phenoxy) is 1. The molecule has 0 amide bonds. The first-order chi connectivity index (χ1) is 16.0. The van der Waals surface area contributed by atoms with E-state index in [0.29, 0.717) is 23.0 Å². The van der Waals surface area contributed by atoms with Crippen molar-refractivity contribution in [2.24, 2.45) is 11.7 Å². The summed E-state index contributed by atoms with van der Waals surface area (Å²) in [4.78, 5) is 11.3. The Bertz CT molecular complexity index is 1130. The molecule has 8 heteroatoms. The number of pyridine rings is 1. The molecule has 1 fully saturated rings. The Kier molecular flexibility index (Phi) is 6.85. The minimum atomic E-state index is -0.0959. The Labute approximate surface area is 194 Å². The lowest BCUT2D eigenvalue weighted by molar-refractivity contribution is 0.122. The normalized spacial score (nSPS) is 18.9. The standard InChI is InChI=1S/C25H29N7O/c1-18(21-4-3-20(15-26)13-22(27)14-21)17-32-8-7-28-25(32)19(2)30-24-6-5-23(16-29-24)31-9-11-33-12-10-31/h3-8,13-17,20,26H,2,9-12,27H2,1H3,(H,29,30)/b18-17+,26-15?. The predicted molar refractivity (Wildman–Crippen MR) is 134 cm³/mol. The molecule has 2 aromatic heterocycles. The summed E-state index contributed by atoms with van der Waals surface area (Å²) in [5.74, 6) is 1.30. The van der Waals surface area contributed by atoms with Gasteiger partial charge in [0.15, 0.2) is 5.82 Å². The van der Waals surface area contributed by atoms with Crippen molar-refractivity contribution in [3.8, 4) is 0 Å². The van der Waals surface area contributed by atoms with Crippen molar-refractivity contribution >= 4 is 29.6 Å². The molecule has 33 heavy (non-hydrogen) atoms. The largest absolute Gasteiger partial charge is 0.399 e. The molecular weight excluding hydrogens is 414 g/mol. The van der Waals surface area contributed by atoms with Crippen LogP contribution in [0.1, 0.15) is 12.7 Å². The molecule has 0 bridgehead atoms. The van der Waals surface area contributed by atoms with Gasteiger partial charge in [-0.25, -0.2) is 9.97 Å². The van der Waals surface area contributed by atoms with Crippen LogP contribution in [0.15, 0.2) is 78.4 Å². The molecule has 1 unspecified atom stereocenters. The minimum absolute atomic E-state index is 0.0959. The van der Waals surface area contributed by atoms with Gasteiger partial charge in [0.05, 0.1) is 30.8 Å². The third-order valence-corrected chi connectivity index (χ3v) is 5.53. The van der Waals surface area contributed by atoms with E-state index in [2.05, 4.69) is 32.8 Å². The zero-order valence-corrected chi connectivity index (χ0v) is 18.7. The fourth-order valence-corrected chi connectivity index (χ4v) is 3.73. The van der Waals surface area contributed by atoms with Crippen molar-refractivity contribution in [2.75, 3.05) is 36.5 Å². The Morgan fingerprint density at radius 3 is 2.85 bits per heavy atom. The molecule has 8 nitrogen and oxygen atoms in total. The SMILES string of the molecule is C=C(Nc1ccc(N2CCOCC2)cn1)c1nccn1/C=C(\C)C1=CC(N)=CC(C=N)C=C1. The van der Waals surface area contributed by atoms with E-state index in [0.717, 1.165) is 43.1 Å². The maximum Gasteiger partial charge on any atom is 0.159 e. The molecular formula is C25H29N7O. The predicted octanol–water partition coefficient (Wildman–Crippen LogP) is 3.66. The Morgan fingerprint density at radius 2 is 2.12 bits per heavy atom. The van der Waals surface area contributed by atoms with Crippen LogP contribution in [-0.4, -0.2) is 47.1 Å². The van der Waals surface area contributed by atoms with Crippen molar-refractivity contribution in [2.45, 2.75) is 6.92 Å². The molecule has 4 rings (SSSR count). The van der Waals surface area contributed by atoms with Gasteiger partial charge in [0, 0.05) is 49.5 Å². The van der Waals surface area contributed by atoms with Crippen LogP contribution in [0.25, 0.3) is 11.9 Å². The fraction of sp³-hybridized carbons (Fsp3) is 0.240. The first kappa shape index (κ1) is 22.3. The molecule has 4 N–H and O–H groups in total. The molecule has 1 aliphatic carbocycles. The summed E-state index contributed by atoms with van der Waals surface area (Å²) < 4.78 is 7.33. The van der Waals surface area contributed by atoms with Crippen LogP contribution >= 0.6 is 0 Å². The number of morpholine rings is 1. The Morgan fingerprint density at radius 1 is 1.30 bits per heavy atom. The highest BCUT2D eigenvalue weighted by molar-refractivity contribution is 5.72. The number of nitrogens with two attached hydrogens (primary N) is 1. The summed E-state index contributed by atoms with van der Waals surface area (Å²) >= 11 is 0. The second-order valence-electron chi connectivity index (χ2n) is 7.94. The van der Waals surface area contributed by atoms with Gasteiger partial charge < -0.3 is 30.7 Å². The highest BCUT2D eigenvalue weighted by Gasteiger charge is 2.13. The molecule has 0 spiro atoms. The van der Waals surface area contributed by atoms with Crippen molar-refractivity contribution in [1.82, 2.24) is 14.5 Å². The van der Waals surface area contributed by atoms with Crippen LogP contribution in [0.2, 0.25) is 0 Å². The van der Waals surface area contributed by atoms with Crippen LogP contribution in [0, 0.1) is 11.3 Å². The summed E-state index contributed by atoms with van der Waals surface area (Å²) in [5.41, 5.74) is 10.4. The number of anilines is 2. The lowest BCUT2D eigenvalue weighted by Gasteiger charge is -2.28. The molecule has 1 aliphatic heterocycles. The Hall–Kier alpha value is -3.91. The van der Waals surface area contributed by atoms with E-state index in [1.165, 1.54) is 6.21 Å². The number of allylic oxidation sites excluding steroid dienone is 6. The van der Waals surface area contributed by atoms with E-state index in [1.54, 1.807) is 6.20 Å². The van der Waals surface area contributed by atoms with Gasteiger partial charge in [-0.1, -0.05) is 18.7 Å². The summed E-state index contributed by atoms with van der Waals surface area (Å²) in [6.07, 6.45) is 16.5. The molecule has 2 aliphatic rings. The maximum atomic E-state index is 7.49. The van der Waals surface area contributed by atoms with E-state index < -0.39 is 0 Å². The summed E-state index contributed by atoms with van der Waals surface area (Å²) in [7, 11) is 0. The van der Waals surface area contributed by atoms with Crippen LogP contribution in [0.4, 0.5) is 11.5 Å². The van der Waals surface area contributed by atoms with Gasteiger partial charge in [0.2, 0.25) is 0 Å². The fourth-order valence-electron chi connectivity index (χ4n) is 3.73. The number of rotatable bonds is 7. The van der Waals surface area contributed by atoms with Gasteiger partial charge in [-0.3, -0.25) is 0 Å². The van der Waals surface area contributed by atoms with E-state index in [-0.39, 0.29) is 5.92 Å². The Balaban J connectivity index is 1.47. The number of imidazole rings is 1. The quantitative estimate of drug-likeness (QED) is 0.564. The highest BCUT2D eigenvalue weighted by Crippen LogP contribution is 2.22. The lowest BCUT2D eigenvalue weighted by atomic mass is 10.1. The summed E-state index contributed by atoms with van der Waals surface area (Å²) in [6, 6.07) is 4.00. The lowest BCUT2D eigenvalue weighted by Crippen LogP contribution is -2.36. The summed E-state index contributed by atoms with van der Waals surface area (Å²) in [5, 5.41) is 10.7. The zero-order valence-electron chi connectivity index (χ0n) is 18.7. The number of nitrogens with one attached hydrogen (secondary N) is 2. The molecule has 170 valence electrons. The van der Waals surface area contributed by atoms with Crippen molar-refractivity contribution < 1.29 is 4.74 Å². The average molecular weight is 444 g/mol. The third-order valence-electron chi connectivity index (χ3n) is 5.53. The summed E-state index contributed by atoms with van der Waals surface area (Å²) in [6.45, 7) is 9.41. The monoisotopic (exact) mass is 443 g/mol. The number of hydrogen-bond acceptors (Lipinski definition) is 7. The first-order valence-electron chi connectivity index (χ1n) is 10.9. The van der Waals surface area contributed by atoms with Gasteiger partial charge in [0.1, 0.15) is 5.82 Å². The van der Waals surface area contributed by atoms with Gasteiger partial charge in [-0.2, -0.15) is 0 Å². The third kappa shape index (κ3) is 5.48. The van der Waals surface area contributed by atoms with Crippen molar-refractivity contribution in [3.63, 3.8) is 0 Å². The number of aromatic nitrogens is 3. The van der Waals surface area contributed by atoms with Crippen LogP contribution in [0.5, 0.6) is 0 Å². The van der Waals surface area contributed by atoms with Crippen LogP contribution < -0.4 is 16.0 Å². The number of hydrogen-bond donors (Lipinski definition) is 3. The molecule has 1 saturated heterocycles.